The van der Waals surface area contributed by atoms with Crippen LogP contribution in [0.1, 0.15) is 12.7 Å². The van der Waals surface area contributed by atoms with E-state index in [0.29, 0.717) is 0 Å². The van der Waals surface area contributed by atoms with Gasteiger partial charge in [0.05, 0.1) is 18.4 Å². The fourth-order valence-corrected chi connectivity index (χ4v) is 1.83. The first kappa shape index (κ1) is 11.6. The lowest BCUT2D eigenvalue weighted by molar-refractivity contribution is 0.698. The molecular weight excluding hydrogens is 313 g/mol. The van der Waals surface area contributed by atoms with Crippen LogP contribution < -0.4 is 5.32 Å². The highest BCUT2D eigenvalue weighted by molar-refractivity contribution is 14.1. The molecule has 0 fully saturated rings. The summed E-state index contributed by atoms with van der Waals surface area (Å²) in [5, 5.41) is 3.24. The highest BCUT2D eigenvalue weighted by Gasteiger charge is 2.02. The number of H-pyrrole nitrogens is 1. The molecule has 84 valence electrons. The SMILES string of the molecule is CCNCc1ncc(-c2ccc(I)cc2)[nH]1. The molecule has 0 atom stereocenters. The Morgan fingerprint density at radius 1 is 1.31 bits per heavy atom. The van der Waals surface area contributed by atoms with E-state index in [1.165, 1.54) is 9.13 Å². The second kappa shape index (κ2) is 5.45. The van der Waals surface area contributed by atoms with Crippen molar-refractivity contribution in [3.8, 4) is 11.3 Å². The van der Waals surface area contributed by atoms with Crippen LogP contribution in [0.2, 0.25) is 0 Å². The molecule has 2 N–H and O–H groups in total. The molecule has 0 bridgehead atoms. The molecule has 1 aromatic carbocycles. The first-order chi connectivity index (χ1) is 7.79. The molecule has 0 unspecified atom stereocenters. The summed E-state index contributed by atoms with van der Waals surface area (Å²) >= 11 is 2.30. The van der Waals surface area contributed by atoms with Crippen molar-refractivity contribution in [3.05, 3.63) is 39.9 Å². The maximum Gasteiger partial charge on any atom is 0.120 e. The molecule has 0 saturated heterocycles. The van der Waals surface area contributed by atoms with Gasteiger partial charge in [-0.2, -0.15) is 0 Å². The van der Waals surface area contributed by atoms with Crippen LogP contribution in [0.5, 0.6) is 0 Å². The highest BCUT2D eigenvalue weighted by atomic mass is 127. The Kier molecular flexibility index (Phi) is 3.95. The van der Waals surface area contributed by atoms with Gasteiger partial charge >= 0.3 is 0 Å². The number of aromatic amines is 1. The van der Waals surface area contributed by atoms with Gasteiger partial charge in [0.2, 0.25) is 0 Å². The van der Waals surface area contributed by atoms with Gasteiger partial charge < -0.3 is 10.3 Å². The minimum absolute atomic E-state index is 0.793. The lowest BCUT2D eigenvalue weighted by Crippen LogP contribution is -2.12. The van der Waals surface area contributed by atoms with Crippen molar-refractivity contribution in [2.24, 2.45) is 0 Å². The molecule has 2 aromatic rings. The standard InChI is InChI=1S/C12H14IN3/c1-2-14-8-12-15-7-11(16-12)9-3-5-10(13)6-4-9/h3-7,14H,2,8H2,1H3,(H,15,16). The number of imidazole rings is 1. The molecular formula is C12H14IN3. The van der Waals surface area contributed by atoms with E-state index < -0.39 is 0 Å². The molecule has 0 aliphatic heterocycles. The number of hydrogen-bond acceptors (Lipinski definition) is 2. The van der Waals surface area contributed by atoms with Crippen molar-refractivity contribution in [3.63, 3.8) is 0 Å². The molecule has 0 radical (unpaired) electrons. The van der Waals surface area contributed by atoms with Crippen LogP contribution in [0.3, 0.4) is 0 Å². The number of benzene rings is 1. The number of halogens is 1. The van der Waals surface area contributed by atoms with Crippen LogP contribution >= 0.6 is 22.6 Å². The first-order valence-electron chi connectivity index (χ1n) is 5.30. The predicted molar refractivity (Wildman–Crippen MR) is 74.1 cm³/mol. The summed E-state index contributed by atoms with van der Waals surface area (Å²) in [6.07, 6.45) is 1.88. The van der Waals surface area contributed by atoms with Crippen LogP contribution in [-0.2, 0) is 6.54 Å². The Morgan fingerprint density at radius 2 is 2.06 bits per heavy atom. The van der Waals surface area contributed by atoms with Crippen molar-refractivity contribution < 1.29 is 0 Å². The molecule has 0 saturated carbocycles. The van der Waals surface area contributed by atoms with E-state index in [4.69, 9.17) is 0 Å². The summed E-state index contributed by atoms with van der Waals surface area (Å²) in [7, 11) is 0. The van der Waals surface area contributed by atoms with Crippen LogP contribution in [0.15, 0.2) is 30.5 Å². The molecule has 0 aliphatic carbocycles. The maximum atomic E-state index is 4.33. The quantitative estimate of drug-likeness (QED) is 0.848. The Balaban J connectivity index is 2.15. The molecule has 16 heavy (non-hydrogen) atoms. The van der Waals surface area contributed by atoms with Gasteiger partial charge in [-0.05, 0) is 46.8 Å². The number of nitrogens with zero attached hydrogens (tertiary/aromatic N) is 1. The second-order valence-corrected chi connectivity index (χ2v) is 4.78. The van der Waals surface area contributed by atoms with E-state index >= 15 is 0 Å². The monoisotopic (exact) mass is 327 g/mol. The van der Waals surface area contributed by atoms with Gasteiger partial charge in [0.1, 0.15) is 5.82 Å². The van der Waals surface area contributed by atoms with Crippen molar-refractivity contribution in [1.82, 2.24) is 15.3 Å². The highest BCUT2D eigenvalue weighted by Crippen LogP contribution is 2.18. The zero-order chi connectivity index (χ0) is 11.4. The Hall–Kier alpha value is -0.880. The van der Waals surface area contributed by atoms with E-state index in [9.17, 15) is 0 Å². The summed E-state index contributed by atoms with van der Waals surface area (Å²) in [6, 6.07) is 8.40. The Morgan fingerprint density at radius 3 is 2.75 bits per heavy atom. The number of hydrogen-bond donors (Lipinski definition) is 2. The largest absolute Gasteiger partial charge is 0.341 e. The molecule has 3 nitrogen and oxygen atoms in total. The summed E-state index contributed by atoms with van der Waals surface area (Å²) in [5.74, 6) is 0.982. The van der Waals surface area contributed by atoms with Gasteiger partial charge in [-0.3, -0.25) is 0 Å². The minimum Gasteiger partial charge on any atom is -0.341 e. The lowest BCUT2D eigenvalue weighted by atomic mass is 10.2. The summed E-state index contributed by atoms with van der Waals surface area (Å²) in [6.45, 7) is 3.84. The third-order valence-corrected chi connectivity index (χ3v) is 3.05. The van der Waals surface area contributed by atoms with E-state index in [1.807, 2.05) is 6.20 Å². The van der Waals surface area contributed by atoms with Gasteiger partial charge in [-0.1, -0.05) is 19.1 Å². The maximum absolute atomic E-state index is 4.33. The van der Waals surface area contributed by atoms with Gasteiger partial charge in [-0.25, -0.2) is 4.98 Å². The molecule has 0 amide bonds. The molecule has 0 aliphatic rings. The van der Waals surface area contributed by atoms with E-state index in [0.717, 1.165) is 24.6 Å². The van der Waals surface area contributed by atoms with Crippen LogP contribution in [0, 0.1) is 3.57 Å². The van der Waals surface area contributed by atoms with Crippen LogP contribution in [0.25, 0.3) is 11.3 Å². The average molecular weight is 327 g/mol. The Bertz CT molecular complexity index is 448. The number of aromatic nitrogens is 2. The molecule has 1 heterocycles. The number of nitrogens with one attached hydrogen (secondary N) is 2. The van der Waals surface area contributed by atoms with E-state index in [2.05, 4.69) is 69.1 Å². The summed E-state index contributed by atoms with van der Waals surface area (Å²) in [4.78, 5) is 7.64. The lowest BCUT2D eigenvalue weighted by Gasteiger charge is -1.98. The Labute approximate surface area is 109 Å². The zero-order valence-electron chi connectivity index (χ0n) is 9.13. The van der Waals surface area contributed by atoms with Gasteiger partial charge in [0.25, 0.3) is 0 Å². The van der Waals surface area contributed by atoms with Crippen molar-refractivity contribution in [2.45, 2.75) is 13.5 Å². The second-order valence-electron chi connectivity index (χ2n) is 3.53. The molecule has 2 rings (SSSR count). The normalized spacial score (nSPS) is 10.6. The van der Waals surface area contributed by atoms with Gasteiger partial charge in [0.15, 0.2) is 0 Å². The van der Waals surface area contributed by atoms with Crippen molar-refractivity contribution in [2.75, 3.05) is 6.54 Å². The van der Waals surface area contributed by atoms with Crippen LogP contribution in [-0.4, -0.2) is 16.5 Å². The van der Waals surface area contributed by atoms with Crippen LogP contribution in [0.4, 0.5) is 0 Å². The van der Waals surface area contributed by atoms with Gasteiger partial charge in [0, 0.05) is 3.57 Å². The minimum atomic E-state index is 0.793. The average Bonchev–Trinajstić information content (AvgIpc) is 2.76. The van der Waals surface area contributed by atoms with Gasteiger partial charge in [-0.15, -0.1) is 0 Å². The topological polar surface area (TPSA) is 40.7 Å². The van der Waals surface area contributed by atoms with E-state index in [1.54, 1.807) is 0 Å². The summed E-state index contributed by atoms with van der Waals surface area (Å²) in [5.41, 5.74) is 2.25. The molecule has 0 spiro atoms. The third kappa shape index (κ3) is 2.82. The van der Waals surface area contributed by atoms with Crippen molar-refractivity contribution in [1.29, 1.82) is 0 Å². The fraction of sp³-hybridized carbons (Fsp3) is 0.250. The van der Waals surface area contributed by atoms with Crippen molar-refractivity contribution >= 4 is 22.6 Å². The zero-order valence-corrected chi connectivity index (χ0v) is 11.3. The smallest absolute Gasteiger partial charge is 0.120 e. The molecule has 4 heteroatoms. The molecule has 1 aromatic heterocycles. The summed E-state index contributed by atoms with van der Waals surface area (Å²) < 4.78 is 1.24. The third-order valence-electron chi connectivity index (χ3n) is 2.33. The first-order valence-corrected chi connectivity index (χ1v) is 6.38. The fourth-order valence-electron chi connectivity index (χ4n) is 1.47. The van der Waals surface area contributed by atoms with E-state index in [-0.39, 0.29) is 0 Å². The predicted octanol–water partition coefficient (Wildman–Crippen LogP) is 2.79. The number of rotatable bonds is 4.